The number of rotatable bonds is 5. The predicted molar refractivity (Wildman–Crippen MR) is 95.3 cm³/mol. The van der Waals surface area contributed by atoms with Gasteiger partial charge in [0.25, 0.3) is 0 Å². The van der Waals surface area contributed by atoms with Crippen molar-refractivity contribution in [1.82, 2.24) is 9.80 Å². The van der Waals surface area contributed by atoms with Crippen molar-refractivity contribution in [3.63, 3.8) is 0 Å². The van der Waals surface area contributed by atoms with E-state index >= 15 is 0 Å². The van der Waals surface area contributed by atoms with Gasteiger partial charge in [-0.25, -0.2) is 0 Å². The smallest absolute Gasteiger partial charge is 0.312 e. The van der Waals surface area contributed by atoms with Gasteiger partial charge in [-0.05, 0) is 35.4 Å². The van der Waals surface area contributed by atoms with Crippen molar-refractivity contribution in [1.29, 1.82) is 0 Å². The number of nitrogens with zero attached hydrogens (tertiary/aromatic N) is 2. The highest BCUT2D eigenvalue weighted by Crippen LogP contribution is 2.17. The molecular weight excluding hydrogens is 340 g/mol. The Morgan fingerprint density at radius 2 is 1.28 bits per heavy atom. The zero-order valence-electron chi connectivity index (χ0n) is 13.9. The first kappa shape index (κ1) is 17.3. The number of amides is 2. The molecule has 2 aromatic rings. The Balaban J connectivity index is 1.62. The second-order valence-corrected chi connectivity index (χ2v) is 6.36. The van der Waals surface area contributed by atoms with Gasteiger partial charge in [-0.15, -0.1) is 0 Å². The second-order valence-electron chi connectivity index (χ2n) is 5.93. The molecule has 130 valence electrons. The van der Waals surface area contributed by atoms with E-state index in [0.29, 0.717) is 31.2 Å². The van der Waals surface area contributed by atoms with Crippen LogP contribution in [0.2, 0.25) is 5.02 Å². The molecule has 25 heavy (non-hydrogen) atoms. The largest absolute Gasteiger partial charge is 0.497 e. The monoisotopic (exact) mass is 358 g/mol. The van der Waals surface area contributed by atoms with Crippen molar-refractivity contribution in [2.75, 3.05) is 20.2 Å². The summed E-state index contributed by atoms with van der Waals surface area (Å²) in [4.78, 5) is 27.9. The third-order valence-corrected chi connectivity index (χ3v) is 4.47. The number of carbonyl (C=O) groups is 2. The average Bonchev–Trinajstić information content (AvgIpc) is 2.64. The van der Waals surface area contributed by atoms with Crippen LogP contribution >= 0.6 is 11.6 Å². The molecule has 6 heteroatoms. The average molecular weight is 359 g/mol. The predicted octanol–water partition coefficient (Wildman–Crippen LogP) is 2.72. The molecule has 0 atom stereocenters. The third-order valence-electron chi connectivity index (χ3n) is 4.22. The maximum atomic E-state index is 12.4. The van der Waals surface area contributed by atoms with Gasteiger partial charge in [0, 0.05) is 31.2 Å². The topological polar surface area (TPSA) is 49.9 Å². The summed E-state index contributed by atoms with van der Waals surface area (Å²) in [5, 5.41) is 0.649. The fourth-order valence-corrected chi connectivity index (χ4v) is 2.90. The van der Waals surface area contributed by atoms with Crippen molar-refractivity contribution in [2.24, 2.45) is 0 Å². The van der Waals surface area contributed by atoms with Gasteiger partial charge in [-0.1, -0.05) is 35.9 Å². The van der Waals surface area contributed by atoms with Gasteiger partial charge in [-0.3, -0.25) is 9.59 Å². The van der Waals surface area contributed by atoms with Crippen molar-refractivity contribution in [3.05, 3.63) is 64.7 Å². The minimum Gasteiger partial charge on any atom is -0.497 e. The molecule has 1 saturated heterocycles. The van der Waals surface area contributed by atoms with Gasteiger partial charge >= 0.3 is 11.8 Å². The first-order valence-electron chi connectivity index (χ1n) is 8.02. The molecule has 3 rings (SSSR count). The van der Waals surface area contributed by atoms with Crippen molar-refractivity contribution >= 4 is 23.4 Å². The molecule has 1 aliphatic rings. The Hall–Kier alpha value is -2.53. The minimum atomic E-state index is -0.463. The number of carbonyl (C=O) groups excluding carboxylic acids is 2. The number of hydrogen-bond donors (Lipinski definition) is 0. The zero-order chi connectivity index (χ0) is 17.8. The number of benzene rings is 2. The molecule has 0 spiro atoms. The summed E-state index contributed by atoms with van der Waals surface area (Å²) in [6, 6.07) is 14.8. The minimum absolute atomic E-state index is 0.415. The molecule has 2 amide bonds. The summed E-state index contributed by atoms with van der Waals surface area (Å²) in [6.45, 7) is 1.87. The highest BCUT2D eigenvalue weighted by atomic mass is 35.5. The second kappa shape index (κ2) is 7.57. The summed E-state index contributed by atoms with van der Waals surface area (Å²) in [7, 11) is 1.61. The van der Waals surface area contributed by atoms with Crippen LogP contribution in [0, 0.1) is 0 Å². The van der Waals surface area contributed by atoms with E-state index in [1.54, 1.807) is 29.0 Å². The van der Waals surface area contributed by atoms with Crippen molar-refractivity contribution < 1.29 is 14.3 Å². The van der Waals surface area contributed by atoms with E-state index in [2.05, 4.69) is 0 Å². The third kappa shape index (κ3) is 4.12. The van der Waals surface area contributed by atoms with Gasteiger partial charge in [-0.2, -0.15) is 0 Å². The van der Waals surface area contributed by atoms with Crippen LogP contribution in [-0.2, 0) is 22.7 Å². The van der Waals surface area contributed by atoms with Gasteiger partial charge in [0.2, 0.25) is 0 Å². The fourth-order valence-electron chi connectivity index (χ4n) is 2.78. The Morgan fingerprint density at radius 3 is 1.72 bits per heavy atom. The van der Waals surface area contributed by atoms with E-state index in [9.17, 15) is 9.59 Å². The maximum Gasteiger partial charge on any atom is 0.312 e. The first-order valence-corrected chi connectivity index (χ1v) is 8.40. The number of hydrogen-bond acceptors (Lipinski definition) is 3. The molecular formula is C19H19ClN2O3. The van der Waals surface area contributed by atoms with E-state index in [1.807, 2.05) is 36.4 Å². The van der Waals surface area contributed by atoms with Crippen LogP contribution in [0.3, 0.4) is 0 Å². The lowest BCUT2D eigenvalue weighted by Crippen LogP contribution is -2.53. The van der Waals surface area contributed by atoms with Gasteiger partial charge in [0.15, 0.2) is 0 Å². The summed E-state index contributed by atoms with van der Waals surface area (Å²) < 4.78 is 5.13. The van der Waals surface area contributed by atoms with Crippen LogP contribution < -0.4 is 4.74 Å². The lowest BCUT2D eigenvalue weighted by Gasteiger charge is -2.33. The van der Waals surface area contributed by atoms with E-state index < -0.39 is 11.8 Å². The number of piperazine rings is 1. The Bertz CT molecular complexity index is 759. The van der Waals surface area contributed by atoms with E-state index in [0.717, 1.165) is 16.9 Å². The lowest BCUT2D eigenvalue weighted by molar-refractivity contribution is -0.156. The van der Waals surface area contributed by atoms with Crippen LogP contribution in [0.15, 0.2) is 48.5 Å². The SMILES string of the molecule is COc1ccc(CN2CCN(Cc3ccc(Cl)cc3)C(=O)C2=O)cc1. The summed E-state index contributed by atoms with van der Waals surface area (Å²) in [6.07, 6.45) is 0. The van der Waals surface area contributed by atoms with Crippen LogP contribution in [-0.4, -0.2) is 41.8 Å². The summed E-state index contributed by atoms with van der Waals surface area (Å²) >= 11 is 5.87. The van der Waals surface area contributed by atoms with Gasteiger partial charge in [0.1, 0.15) is 5.75 Å². The van der Waals surface area contributed by atoms with E-state index in [-0.39, 0.29) is 0 Å². The molecule has 1 heterocycles. The van der Waals surface area contributed by atoms with Gasteiger partial charge in [0.05, 0.1) is 7.11 Å². The highest BCUT2D eigenvalue weighted by Gasteiger charge is 2.32. The molecule has 2 aromatic carbocycles. The molecule has 0 aromatic heterocycles. The van der Waals surface area contributed by atoms with Crippen LogP contribution in [0.1, 0.15) is 11.1 Å². The van der Waals surface area contributed by atoms with E-state index in [1.165, 1.54) is 0 Å². The molecule has 0 aliphatic carbocycles. The molecule has 0 unspecified atom stereocenters. The van der Waals surface area contributed by atoms with Crippen molar-refractivity contribution in [2.45, 2.75) is 13.1 Å². The molecule has 0 saturated carbocycles. The molecule has 0 N–H and O–H groups in total. The Labute approximate surface area is 151 Å². The Morgan fingerprint density at radius 1 is 0.840 bits per heavy atom. The zero-order valence-corrected chi connectivity index (χ0v) is 14.7. The molecule has 0 radical (unpaired) electrons. The first-order chi connectivity index (χ1) is 12.1. The Kier molecular flexibility index (Phi) is 5.24. The highest BCUT2D eigenvalue weighted by molar-refractivity contribution is 6.35. The quantitative estimate of drug-likeness (QED) is 0.772. The standard InChI is InChI=1S/C19H19ClN2O3/c1-25-17-8-4-15(5-9-17)13-22-11-10-21(18(23)19(22)24)12-14-2-6-16(20)7-3-14/h2-9H,10-13H2,1H3. The molecule has 1 fully saturated rings. The van der Waals surface area contributed by atoms with Crippen LogP contribution in [0.5, 0.6) is 5.75 Å². The van der Waals surface area contributed by atoms with Crippen LogP contribution in [0.25, 0.3) is 0 Å². The maximum absolute atomic E-state index is 12.4. The van der Waals surface area contributed by atoms with Crippen molar-refractivity contribution in [3.8, 4) is 5.75 Å². The summed E-state index contributed by atoms with van der Waals surface area (Å²) in [5.74, 6) is -0.162. The molecule has 5 nitrogen and oxygen atoms in total. The fraction of sp³-hybridized carbons (Fsp3) is 0.263. The number of halogens is 1. The molecule has 1 aliphatic heterocycles. The number of methoxy groups -OCH3 is 1. The number of ether oxygens (including phenoxy) is 1. The lowest BCUT2D eigenvalue weighted by atomic mass is 10.1. The van der Waals surface area contributed by atoms with Crippen LogP contribution in [0.4, 0.5) is 0 Å². The normalized spacial score (nSPS) is 14.8. The van der Waals surface area contributed by atoms with E-state index in [4.69, 9.17) is 16.3 Å². The van der Waals surface area contributed by atoms with Gasteiger partial charge < -0.3 is 14.5 Å². The summed E-state index contributed by atoms with van der Waals surface area (Å²) in [5.41, 5.74) is 1.92. The molecule has 0 bridgehead atoms.